The molecule has 0 radical (unpaired) electrons. The molecule has 1 saturated heterocycles. The van der Waals surface area contributed by atoms with Crippen LogP contribution < -0.4 is 0 Å². The molecule has 1 fully saturated rings. The van der Waals surface area contributed by atoms with Crippen LogP contribution in [0.25, 0.3) is 0 Å². The molecule has 1 unspecified atom stereocenters. The molecule has 0 aromatic heterocycles. The van der Waals surface area contributed by atoms with Crippen LogP contribution in [0.5, 0.6) is 0 Å². The maximum absolute atomic E-state index is 5.45. The summed E-state index contributed by atoms with van der Waals surface area (Å²) in [5, 5.41) is 0. The van der Waals surface area contributed by atoms with Crippen LogP contribution in [0.2, 0.25) is 0 Å². The molecule has 0 amide bonds. The molecule has 0 N–H and O–H groups in total. The molecule has 2 nitrogen and oxygen atoms in total. The van der Waals surface area contributed by atoms with Gasteiger partial charge in [0.15, 0.2) is 0 Å². The monoisotopic (exact) mass is 189 g/mol. The van der Waals surface area contributed by atoms with Crippen molar-refractivity contribution in [3.05, 3.63) is 11.6 Å². The maximum atomic E-state index is 5.45. The van der Waals surface area contributed by atoms with Crippen molar-refractivity contribution >= 4 is 11.6 Å². The van der Waals surface area contributed by atoms with Crippen molar-refractivity contribution in [2.45, 2.75) is 18.9 Å². The molecule has 1 heterocycles. The average molecular weight is 190 g/mol. The molecule has 1 atom stereocenters. The van der Waals surface area contributed by atoms with Crippen molar-refractivity contribution < 1.29 is 4.74 Å². The first-order chi connectivity index (χ1) is 5.84. The highest BCUT2D eigenvalue weighted by Crippen LogP contribution is 2.11. The standard InChI is InChI=1S/C9H16ClNO/c1-11(6-3-5-10)9-4-2-7-12-8-9/h3,5,9H,2,4,6-8H2,1H3/b5-3+. The van der Waals surface area contributed by atoms with Gasteiger partial charge in [-0.1, -0.05) is 17.7 Å². The summed E-state index contributed by atoms with van der Waals surface area (Å²) in [7, 11) is 2.11. The molecule has 12 heavy (non-hydrogen) atoms. The van der Waals surface area contributed by atoms with Crippen LogP contribution in [0.15, 0.2) is 11.6 Å². The van der Waals surface area contributed by atoms with Gasteiger partial charge in [0.2, 0.25) is 0 Å². The van der Waals surface area contributed by atoms with Gasteiger partial charge < -0.3 is 4.74 Å². The summed E-state index contributed by atoms with van der Waals surface area (Å²) >= 11 is 5.45. The van der Waals surface area contributed by atoms with Gasteiger partial charge in [-0.3, -0.25) is 4.90 Å². The number of halogens is 1. The van der Waals surface area contributed by atoms with Gasteiger partial charge in [-0.15, -0.1) is 0 Å². The van der Waals surface area contributed by atoms with Crippen LogP contribution in [-0.2, 0) is 4.74 Å². The second-order valence-corrected chi connectivity index (χ2v) is 3.42. The SMILES string of the molecule is CN(C/C=C/Cl)C1CCCOC1. The van der Waals surface area contributed by atoms with Crippen molar-refractivity contribution in [1.29, 1.82) is 0 Å². The highest BCUT2D eigenvalue weighted by atomic mass is 35.5. The van der Waals surface area contributed by atoms with E-state index in [2.05, 4.69) is 11.9 Å². The Balaban J connectivity index is 2.24. The van der Waals surface area contributed by atoms with E-state index in [9.17, 15) is 0 Å². The van der Waals surface area contributed by atoms with E-state index in [1.807, 2.05) is 6.08 Å². The normalized spacial score (nSPS) is 25.4. The third-order valence-electron chi connectivity index (χ3n) is 2.24. The molecule has 1 aliphatic rings. The predicted octanol–water partition coefficient (Wildman–Crippen LogP) is 1.85. The quantitative estimate of drug-likeness (QED) is 0.672. The summed E-state index contributed by atoms with van der Waals surface area (Å²) in [5.41, 5.74) is 1.57. The molecule has 1 aliphatic heterocycles. The largest absolute Gasteiger partial charge is 0.380 e. The van der Waals surface area contributed by atoms with Crippen LogP contribution in [0.1, 0.15) is 12.8 Å². The van der Waals surface area contributed by atoms with Crippen molar-refractivity contribution in [2.24, 2.45) is 0 Å². The number of hydrogen-bond donors (Lipinski definition) is 0. The average Bonchev–Trinajstić information content (AvgIpc) is 2.15. The Labute approximate surface area is 79.1 Å². The van der Waals surface area contributed by atoms with Crippen LogP contribution in [0.3, 0.4) is 0 Å². The second-order valence-electron chi connectivity index (χ2n) is 3.17. The van der Waals surface area contributed by atoms with Crippen molar-refractivity contribution in [3.63, 3.8) is 0 Å². The van der Waals surface area contributed by atoms with Crippen molar-refractivity contribution in [1.82, 2.24) is 4.90 Å². The first-order valence-corrected chi connectivity index (χ1v) is 4.81. The first-order valence-electron chi connectivity index (χ1n) is 4.38. The fraction of sp³-hybridized carbons (Fsp3) is 0.778. The van der Waals surface area contributed by atoms with Gasteiger partial charge in [-0.05, 0) is 19.9 Å². The van der Waals surface area contributed by atoms with Gasteiger partial charge in [0.1, 0.15) is 0 Å². The van der Waals surface area contributed by atoms with Crippen LogP contribution in [0, 0.1) is 0 Å². The molecule has 0 aromatic rings. The molecular formula is C9H16ClNO. The van der Waals surface area contributed by atoms with Gasteiger partial charge >= 0.3 is 0 Å². The zero-order valence-corrected chi connectivity index (χ0v) is 8.26. The van der Waals surface area contributed by atoms with Crippen LogP contribution in [-0.4, -0.2) is 37.7 Å². The minimum Gasteiger partial charge on any atom is -0.380 e. The summed E-state index contributed by atoms with van der Waals surface area (Å²) < 4.78 is 5.38. The number of rotatable bonds is 3. The van der Waals surface area contributed by atoms with Gasteiger partial charge in [0.25, 0.3) is 0 Å². The molecule has 0 aromatic carbocycles. The van der Waals surface area contributed by atoms with Gasteiger partial charge in [0, 0.05) is 24.7 Å². The Morgan fingerprint density at radius 2 is 2.50 bits per heavy atom. The second kappa shape index (κ2) is 5.57. The van der Waals surface area contributed by atoms with E-state index in [0.29, 0.717) is 6.04 Å². The minimum atomic E-state index is 0.576. The Morgan fingerprint density at radius 3 is 3.08 bits per heavy atom. The highest BCUT2D eigenvalue weighted by molar-refractivity contribution is 6.25. The van der Waals surface area contributed by atoms with Crippen LogP contribution >= 0.6 is 11.6 Å². The van der Waals surface area contributed by atoms with Gasteiger partial charge in [-0.2, -0.15) is 0 Å². The smallest absolute Gasteiger partial charge is 0.0621 e. The zero-order valence-electron chi connectivity index (χ0n) is 7.50. The number of hydrogen-bond acceptors (Lipinski definition) is 2. The summed E-state index contributed by atoms with van der Waals surface area (Å²) in [6.07, 6.45) is 4.38. The van der Waals surface area contributed by atoms with Gasteiger partial charge in [0.05, 0.1) is 6.61 Å². The molecule has 0 aliphatic carbocycles. The van der Waals surface area contributed by atoms with E-state index in [1.165, 1.54) is 12.8 Å². The first kappa shape index (κ1) is 10.0. The number of nitrogens with zero attached hydrogens (tertiary/aromatic N) is 1. The summed E-state index contributed by atoms with van der Waals surface area (Å²) in [5.74, 6) is 0. The molecule has 0 bridgehead atoms. The lowest BCUT2D eigenvalue weighted by Crippen LogP contribution is -2.38. The number of ether oxygens (including phenoxy) is 1. The fourth-order valence-electron chi connectivity index (χ4n) is 1.43. The van der Waals surface area contributed by atoms with Gasteiger partial charge in [-0.25, -0.2) is 0 Å². The third kappa shape index (κ3) is 3.13. The molecular weight excluding hydrogens is 174 g/mol. The van der Waals surface area contributed by atoms with E-state index in [4.69, 9.17) is 16.3 Å². The summed E-state index contributed by atoms with van der Waals surface area (Å²) in [4.78, 5) is 2.28. The van der Waals surface area contributed by atoms with Crippen LogP contribution in [0.4, 0.5) is 0 Å². The fourth-order valence-corrected chi connectivity index (χ4v) is 1.51. The molecule has 0 spiro atoms. The summed E-state index contributed by atoms with van der Waals surface area (Å²) in [6.45, 7) is 2.71. The zero-order chi connectivity index (χ0) is 8.81. The van der Waals surface area contributed by atoms with Crippen molar-refractivity contribution in [2.75, 3.05) is 26.8 Å². The van der Waals surface area contributed by atoms with E-state index >= 15 is 0 Å². The predicted molar refractivity (Wildman–Crippen MR) is 51.5 cm³/mol. The lowest BCUT2D eigenvalue weighted by atomic mass is 10.1. The summed E-state index contributed by atoms with van der Waals surface area (Å²) in [6, 6.07) is 0.576. The van der Waals surface area contributed by atoms with E-state index in [1.54, 1.807) is 5.54 Å². The Morgan fingerprint density at radius 1 is 1.67 bits per heavy atom. The van der Waals surface area contributed by atoms with Crippen molar-refractivity contribution in [3.8, 4) is 0 Å². The minimum absolute atomic E-state index is 0.576. The van der Waals surface area contributed by atoms with E-state index < -0.39 is 0 Å². The third-order valence-corrected chi connectivity index (χ3v) is 2.42. The lowest BCUT2D eigenvalue weighted by molar-refractivity contribution is 0.0315. The lowest BCUT2D eigenvalue weighted by Gasteiger charge is -2.30. The number of likely N-dealkylation sites (N-methyl/N-ethyl adjacent to an activating group) is 1. The molecule has 70 valence electrons. The Kier molecular flexibility index (Phi) is 4.66. The highest BCUT2D eigenvalue weighted by Gasteiger charge is 2.16. The van der Waals surface area contributed by atoms with E-state index in [-0.39, 0.29) is 0 Å². The molecule has 0 saturated carbocycles. The molecule has 3 heteroatoms. The Bertz CT molecular complexity index is 143. The molecule has 1 rings (SSSR count). The topological polar surface area (TPSA) is 12.5 Å². The van der Waals surface area contributed by atoms with E-state index in [0.717, 1.165) is 19.8 Å². The maximum Gasteiger partial charge on any atom is 0.0621 e. The Hall–Kier alpha value is -0.0500.